The van der Waals surface area contributed by atoms with E-state index in [1.54, 1.807) is 5.38 Å². The second kappa shape index (κ2) is 6.02. The molecule has 2 heterocycles. The van der Waals surface area contributed by atoms with Crippen LogP contribution in [0.5, 0.6) is 0 Å². The summed E-state index contributed by atoms with van der Waals surface area (Å²) in [4.78, 5) is 28.1. The third-order valence-corrected chi connectivity index (χ3v) is 4.33. The number of anilines is 2. The zero-order valence-electron chi connectivity index (χ0n) is 10.9. The molecule has 0 saturated carbocycles. The van der Waals surface area contributed by atoms with Crippen LogP contribution in [0.2, 0.25) is 0 Å². The number of aromatic nitrogens is 1. The van der Waals surface area contributed by atoms with Crippen LogP contribution in [0.4, 0.5) is 14.9 Å². The Labute approximate surface area is 123 Å². The SMILES string of the molecule is CCc1nc(NC(=O)Nc2sccc2C(=O)O)sc1C. The molecule has 0 spiro atoms. The maximum atomic E-state index is 11.8. The average molecular weight is 311 g/mol. The van der Waals surface area contributed by atoms with Gasteiger partial charge in [0.2, 0.25) is 0 Å². The van der Waals surface area contributed by atoms with E-state index in [-0.39, 0.29) is 5.56 Å². The number of thiophene rings is 1. The Kier molecular flexibility index (Phi) is 4.35. The summed E-state index contributed by atoms with van der Waals surface area (Å²) in [7, 11) is 0. The van der Waals surface area contributed by atoms with Gasteiger partial charge in [0.1, 0.15) is 5.00 Å². The minimum Gasteiger partial charge on any atom is -0.478 e. The van der Waals surface area contributed by atoms with Crippen LogP contribution < -0.4 is 10.6 Å². The molecule has 8 heteroatoms. The largest absolute Gasteiger partial charge is 0.478 e. The normalized spacial score (nSPS) is 10.3. The summed E-state index contributed by atoms with van der Waals surface area (Å²) in [5.74, 6) is -1.07. The first-order valence-electron chi connectivity index (χ1n) is 5.86. The lowest BCUT2D eigenvalue weighted by Gasteiger charge is -2.04. The number of rotatable bonds is 4. The average Bonchev–Trinajstić information content (AvgIpc) is 2.95. The van der Waals surface area contributed by atoms with E-state index >= 15 is 0 Å². The highest BCUT2D eigenvalue weighted by atomic mass is 32.1. The molecule has 0 aliphatic heterocycles. The Balaban J connectivity index is 2.05. The third kappa shape index (κ3) is 3.14. The van der Waals surface area contributed by atoms with Crippen molar-refractivity contribution < 1.29 is 14.7 Å². The van der Waals surface area contributed by atoms with E-state index < -0.39 is 12.0 Å². The summed E-state index contributed by atoms with van der Waals surface area (Å²) in [6.45, 7) is 3.94. The van der Waals surface area contributed by atoms with Gasteiger partial charge in [0, 0.05) is 4.88 Å². The van der Waals surface area contributed by atoms with Crippen LogP contribution in [0.15, 0.2) is 11.4 Å². The fourth-order valence-corrected chi connectivity index (χ4v) is 3.29. The first-order chi connectivity index (χ1) is 9.51. The fourth-order valence-electron chi connectivity index (χ4n) is 1.62. The minimum absolute atomic E-state index is 0.0784. The molecule has 0 aromatic carbocycles. The van der Waals surface area contributed by atoms with E-state index in [2.05, 4.69) is 15.6 Å². The predicted octanol–water partition coefficient (Wildman–Crippen LogP) is 3.42. The maximum absolute atomic E-state index is 11.8. The van der Waals surface area contributed by atoms with E-state index in [9.17, 15) is 9.59 Å². The van der Waals surface area contributed by atoms with E-state index in [0.717, 1.165) is 28.3 Å². The van der Waals surface area contributed by atoms with Crippen molar-refractivity contribution in [1.82, 2.24) is 4.98 Å². The first kappa shape index (κ1) is 14.5. The molecule has 20 heavy (non-hydrogen) atoms. The third-order valence-electron chi connectivity index (χ3n) is 2.57. The van der Waals surface area contributed by atoms with Gasteiger partial charge in [-0.25, -0.2) is 14.6 Å². The van der Waals surface area contributed by atoms with Crippen molar-refractivity contribution in [1.29, 1.82) is 0 Å². The van der Waals surface area contributed by atoms with Crippen molar-refractivity contribution in [2.45, 2.75) is 20.3 Å². The second-order valence-corrected chi connectivity index (χ2v) is 6.04. The van der Waals surface area contributed by atoms with E-state index in [4.69, 9.17) is 5.11 Å². The number of carbonyl (C=O) groups excluding carboxylic acids is 1. The summed E-state index contributed by atoms with van der Waals surface area (Å²) >= 11 is 2.55. The van der Waals surface area contributed by atoms with Crippen LogP contribution in [0, 0.1) is 6.92 Å². The van der Waals surface area contributed by atoms with E-state index in [1.807, 2.05) is 13.8 Å². The fraction of sp³-hybridized carbons (Fsp3) is 0.250. The van der Waals surface area contributed by atoms with Gasteiger partial charge in [0.15, 0.2) is 5.13 Å². The number of carbonyl (C=O) groups is 2. The highest BCUT2D eigenvalue weighted by Gasteiger charge is 2.15. The molecule has 0 saturated heterocycles. The van der Waals surface area contributed by atoms with Crippen molar-refractivity contribution in [3.8, 4) is 0 Å². The Morgan fingerprint density at radius 1 is 1.40 bits per heavy atom. The molecule has 0 fully saturated rings. The lowest BCUT2D eigenvalue weighted by molar-refractivity contribution is 0.0698. The molecule has 106 valence electrons. The molecule has 0 unspecified atom stereocenters. The van der Waals surface area contributed by atoms with Crippen LogP contribution in [-0.2, 0) is 6.42 Å². The Bertz CT molecular complexity index is 648. The molecular weight excluding hydrogens is 298 g/mol. The molecule has 2 aromatic rings. The summed E-state index contributed by atoms with van der Waals surface area (Å²) in [6.07, 6.45) is 0.805. The van der Waals surface area contributed by atoms with Gasteiger partial charge in [-0.3, -0.25) is 10.6 Å². The van der Waals surface area contributed by atoms with Gasteiger partial charge in [-0.2, -0.15) is 0 Å². The molecule has 0 radical (unpaired) electrons. The number of amides is 2. The summed E-state index contributed by atoms with van der Waals surface area (Å²) in [5, 5.41) is 16.5. The summed E-state index contributed by atoms with van der Waals surface area (Å²) < 4.78 is 0. The molecule has 2 rings (SSSR count). The number of hydrogen-bond acceptors (Lipinski definition) is 5. The Morgan fingerprint density at radius 2 is 2.15 bits per heavy atom. The molecule has 2 aromatic heterocycles. The number of carboxylic acids is 1. The van der Waals surface area contributed by atoms with Crippen molar-refractivity contribution in [2.75, 3.05) is 10.6 Å². The van der Waals surface area contributed by atoms with Crippen LogP contribution in [0.3, 0.4) is 0 Å². The topological polar surface area (TPSA) is 91.3 Å². The predicted molar refractivity (Wildman–Crippen MR) is 80.1 cm³/mol. The molecule has 0 aliphatic carbocycles. The Hall–Kier alpha value is -1.93. The molecule has 3 N–H and O–H groups in total. The smallest absolute Gasteiger partial charge is 0.338 e. The second-order valence-electron chi connectivity index (χ2n) is 3.92. The molecule has 0 bridgehead atoms. The quantitative estimate of drug-likeness (QED) is 0.807. The van der Waals surface area contributed by atoms with Gasteiger partial charge in [-0.15, -0.1) is 22.7 Å². The minimum atomic E-state index is -1.07. The number of thiazole rings is 1. The zero-order valence-corrected chi connectivity index (χ0v) is 12.5. The number of carboxylic acid groups (broad SMARTS) is 1. The van der Waals surface area contributed by atoms with Crippen molar-refractivity contribution >= 4 is 44.8 Å². The first-order valence-corrected chi connectivity index (χ1v) is 7.56. The maximum Gasteiger partial charge on any atom is 0.338 e. The number of urea groups is 1. The number of nitrogens with zero attached hydrogens (tertiary/aromatic N) is 1. The van der Waals surface area contributed by atoms with Crippen molar-refractivity contribution in [3.05, 3.63) is 27.6 Å². The molecule has 6 nitrogen and oxygen atoms in total. The molecule has 0 aliphatic rings. The standard InChI is InChI=1S/C12H13N3O3S2/c1-3-8-6(2)20-12(13-8)15-11(18)14-9-7(10(16)17)4-5-19-9/h4-5H,3H2,1-2H3,(H,16,17)(H2,13,14,15,18). The van der Waals surface area contributed by atoms with E-state index in [0.29, 0.717) is 10.1 Å². The number of nitrogens with one attached hydrogen (secondary N) is 2. The lowest BCUT2D eigenvalue weighted by atomic mass is 10.3. The zero-order chi connectivity index (χ0) is 14.7. The van der Waals surface area contributed by atoms with E-state index in [1.165, 1.54) is 17.4 Å². The summed E-state index contributed by atoms with van der Waals surface area (Å²) in [6, 6.07) is 0.956. The molecule has 2 amide bonds. The highest BCUT2D eigenvalue weighted by Crippen LogP contribution is 2.25. The monoisotopic (exact) mass is 311 g/mol. The van der Waals surface area contributed by atoms with Gasteiger partial charge in [0.05, 0.1) is 11.3 Å². The van der Waals surface area contributed by atoms with Gasteiger partial charge >= 0.3 is 12.0 Å². The van der Waals surface area contributed by atoms with Gasteiger partial charge in [0.25, 0.3) is 0 Å². The lowest BCUT2D eigenvalue weighted by Crippen LogP contribution is -2.19. The van der Waals surface area contributed by atoms with Crippen LogP contribution >= 0.6 is 22.7 Å². The van der Waals surface area contributed by atoms with Gasteiger partial charge in [-0.1, -0.05) is 6.92 Å². The van der Waals surface area contributed by atoms with Crippen LogP contribution in [-0.4, -0.2) is 22.1 Å². The highest BCUT2D eigenvalue weighted by molar-refractivity contribution is 7.16. The number of aromatic carboxylic acids is 1. The van der Waals surface area contributed by atoms with Crippen LogP contribution in [0.25, 0.3) is 0 Å². The van der Waals surface area contributed by atoms with Crippen molar-refractivity contribution in [3.63, 3.8) is 0 Å². The van der Waals surface area contributed by atoms with Crippen LogP contribution in [0.1, 0.15) is 27.9 Å². The molecule has 0 atom stereocenters. The number of hydrogen-bond donors (Lipinski definition) is 3. The van der Waals surface area contributed by atoms with Gasteiger partial charge in [-0.05, 0) is 24.8 Å². The van der Waals surface area contributed by atoms with Gasteiger partial charge < -0.3 is 5.11 Å². The summed E-state index contributed by atoms with van der Waals surface area (Å²) in [5.41, 5.74) is 1.03. The molecular formula is C12H13N3O3S2. The Morgan fingerprint density at radius 3 is 2.75 bits per heavy atom. The number of aryl methyl sites for hydroxylation is 2. The van der Waals surface area contributed by atoms with Crippen molar-refractivity contribution in [2.24, 2.45) is 0 Å².